The van der Waals surface area contributed by atoms with Crippen molar-refractivity contribution in [3.8, 4) is 0 Å². The maximum atomic E-state index is 5.70. The zero-order valence-electron chi connectivity index (χ0n) is 10.9. The van der Waals surface area contributed by atoms with E-state index in [9.17, 15) is 0 Å². The molecule has 1 aromatic rings. The highest BCUT2D eigenvalue weighted by Crippen LogP contribution is 2.36. The summed E-state index contributed by atoms with van der Waals surface area (Å²) in [5.74, 6) is 0. The number of rotatable bonds is 6. The quantitative estimate of drug-likeness (QED) is 0.833. The van der Waals surface area contributed by atoms with Crippen LogP contribution in [0.15, 0.2) is 0 Å². The van der Waals surface area contributed by atoms with Crippen molar-refractivity contribution in [2.45, 2.75) is 45.8 Å². The van der Waals surface area contributed by atoms with Gasteiger partial charge < -0.3 is 10.1 Å². The van der Waals surface area contributed by atoms with Gasteiger partial charge in [0.1, 0.15) is 10.6 Å². The Hall–Kier alpha value is -0.450. The third-order valence-corrected chi connectivity index (χ3v) is 4.50. The molecule has 0 aliphatic carbocycles. The number of hydrogen-bond donors (Lipinski definition) is 1. The fourth-order valence-corrected chi connectivity index (χ4v) is 3.26. The molecule has 0 radical (unpaired) electrons. The lowest BCUT2D eigenvalue weighted by Gasteiger charge is -2.27. The van der Waals surface area contributed by atoms with Crippen LogP contribution in [0.4, 0.5) is 0 Å². The van der Waals surface area contributed by atoms with Gasteiger partial charge in [0.05, 0.1) is 5.69 Å². The molecule has 0 spiro atoms. The van der Waals surface area contributed by atoms with Gasteiger partial charge in [0.15, 0.2) is 0 Å². The van der Waals surface area contributed by atoms with E-state index in [1.165, 1.54) is 4.88 Å². The van der Waals surface area contributed by atoms with E-state index in [4.69, 9.17) is 4.74 Å². The zero-order valence-corrected chi connectivity index (χ0v) is 11.7. The van der Waals surface area contributed by atoms with Gasteiger partial charge in [0, 0.05) is 18.5 Å². The fourth-order valence-electron chi connectivity index (χ4n) is 1.88. The van der Waals surface area contributed by atoms with Crippen LogP contribution in [0.25, 0.3) is 0 Å². The van der Waals surface area contributed by atoms with Crippen molar-refractivity contribution >= 4 is 11.3 Å². The number of hydrogen-bond acceptors (Lipinski definition) is 4. The number of aromatic nitrogens is 1. The monoisotopic (exact) mass is 242 g/mol. The molecule has 1 N–H and O–H groups in total. The summed E-state index contributed by atoms with van der Waals surface area (Å²) in [6, 6.07) is 0. The van der Waals surface area contributed by atoms with E-state index in [2.05, 4.69) is 31.1 Å². The SMILES string of the molecule is CCC(CC)(OC)c1nc(C)c(CNC)s1. The standard InChI is InChI=1S/C12H22N2OS/c1-6-12(7-2,15-5)11-14-9(3)10(16-11)8-13-4/h13H,6-8H2,1-5H3. The summed E-state index contributed by atoms with van der Waals surface area (Å²) in [5.41, 5.74) is 0.930. The molecule has 4 heteroatoms. The second kappa shape index (κ2) is 5.75. The lowest BCUT2D eigenvalue weighted by atomic mass is 9.98. The number of nitrogens with one attached hydrogen (secondary N) is 1. The molecule has 0 unspecified atom stereocenters. The maximum absolute atomic E-state index is 5.70. The third-order valence-electron chi connectivity index (χ3n) is 3.15. The van der Waals surface area contributed by atoms with E-state index in [1.54, 1.807) is 18.4 Å². The van der Waals surface area contributed by atoms with Gasteiger partial charge in [-0.15, -0.1) is 11.3 Å². The van der Waals surface area contributed by atoms with Gasteiger partial charge in [-0.1, -0.05) is 13.8 Å². The minimum absolute atomic E-state index is 0.193. The van der Waals surface area contributed by atoms with Crippen LogP contribution in [0.3, 0.4) is 0 Å². The predicted octanol–water partition coefficient (Wildman–Crippen LogP) is 2.83. The second-order valence-corrected chi connectivity index (χ2v) is 5.05. The average Bonchev–Trinajstić information content (AvgIpc) is 2.65. The van der Waals surface area contributed by atoms with E-state index < -0.39 is 0 Å². The summed E-state index contributed by atoms with van der Waals surface area (Å²) in [6.45, 7) is 7.26. The lowest BCUT2D eigenvalue weighted by molar-refractivity contribution is -0.0219. The number of ether oxygens (including phenoxy) is 1. The number of methoxy groups -OCH3 is 1. The first-order valence-electron chi connectivity index (χ1n) is 5.80. The Balaban J connectivity index is 3.06. The van der Waals surface area contributed by atoms with Crippen LogP contribution in [0, 0.1) is 6.92 Å². The molecule has 0 aliphatic rings. The fraction of sp³-hybridized carbons (Fsp3) is 0.750. The molecule has 0 saturated carbocycles. The first-order valence-corrected chi connectivity index (χ1v) is 6.61. The Bertz CT molecular complexity index is 323. The van der Waals surface area contributed by atoms with Crippen molar-refractivity contribution in [3.63, 3.8) is 0 Å². The van der Waals surface area contributed by atoms with Gasteiger partial charge >= 0.3 is 0 Å². The van der Waals surface area contributed by atoms with Crippen LogP contribution in [0.5, 0.6) is 0 Å². The Morgan fingerprint density at radius 3 is 2.44 bits per heavy atom. The molecular weight excluding hydrogens is 220 g/mol. The second-order valence-electron chi connectivity index (χ2n) is 3.96. The lowest BCUT2D eigenvalue weighted by Crippen LogP contribution is -2.26. The highest BCUT2D eigenvalue weighted by molar-refractivity contribution is 7.11. The summed E-state index contributed by atoms with van der Waals surface area (Å²) in [7, 11) is 3.74. The molecule has 0 bridgehead atoms. The van der Waals surface area contributed by atoms with Crippen LogP contribution in [-0.4, -0.2) is 19.1 Å². The summed E-state index contributed by atoms with van der Waals surface area (Å²) in [5, 5.41) is 4.29. The largest absolute Gasteiger partial charge is 0.371 e. The van der Waals surface area contributed by atoms with Crippen molar-refractivity contribution in [2.75, 3.05) is 14.2 Å². The van der Waals surface area contributed by atoms with Crippen molar-refractivity contribution in [1.82, 2.24) is 10.3 Å². The molecule has 0 aromatic carbocycles. The van der Waals surface area contributed by atoms with Crippen molar-refractivity contribution in [2.24, 2.45) is 0 Å². The van der Waals surface area contributed by atoms with Crippen LogP contribution in [0.2, 0.25) is 0 Å². The molecule has 0 saturated heterocycles. The molecule has 3 nitrogen and oxygen atoms in total. The van der Waals surface area contributed by atoms with Crippen LogP contribution in [0.1, 0.15) is 42.3 Å². The Morgan fingerprint density at radius 1 is 1.38 bits per heavy atom. The number of aryl methyl sites for hydroxylation is 1. The molecule has 0 atom stereocenters. The molecular formula is C12H22N2OS. The maximum Gasteiger partial charge on any atom is 0.125 e. The molecule has 0 fully saturated rings. The van der Waals surface area contributed by atoms with Crippen LogP contribution in [-0.2, 0) is 16.9 Å². The zero-order chi connectivity index (χ0) is 12.2. The minimum atomic E-state index is -0.193. The predicted molar refractivity (Wildman–Crippen MR) is 68.9 cm³/mol. The normalized spacial score (nSPS) is 12.1. The van der Waals surface area contributed by atoms with Gasteiger partial charge in [-0.2, -0.15) is 0 Å². The van der Waals surface area contributed by atoms with Gasteiger partial charge in [-0.25, -0.2) is 4.98 Å². The van der Waals surface area contributed by atoms with E-state index in [-0.39, 0.29) is 5.60 Å². The Kier molecular flexibility index (Phi) is 4.89. The summed E-state index contributed by atoms with van der Waals surface area (Å²) in [4.78, 5) is 5.97. The molecule has 1 rings (SSSR count). The van der Waals surface area contributed by atoms with Gasteiger partial charge in [0.2, 0.25) is 0 Å². The van der Waals surface area contributed by atoms with Crippen LogP contribution >= 0.6 is 11.3 Å². The first kappa shape index (κ1) is 13.6. The molecule has 0 aliphatic heterocycles. The van der Waals surface area contributed by atoms with E-state index in [1.807, 2.05) is 7.05 Å². The van der Waals surface area contributed by atoms with E-state index >= 15 is 0 Å². The molecule has 1 aromatic heterocycles. The van der Waals surface area contributed by atoms with Crippen molar-refractivity contribution < 1.29 is 4.74 Å². The molecule has 16 heavy (non-hydrogen) atoms. The summed E-state index contributed by atoms with van der Waals surface area (Å²) < 4.78 is 5.70. The minimum Gasteiger partial charge on any atom is -0.371 e. The summed E-state index contributed by atoms with van der Waals surface area (Å²) >= 11 is 1.77. The topological polar surface area (TPSA) is 34.1 Å². The van der Waals surface area contributed by atoms with E-state index in [0.29, 0.717) is 0 Å². The smallest absolute Gasteiger partial charge is 0.125 e. The van der Waals surface area contributed by atoms with Gasteiger partial charge in [0.25, 0.3) is 0 Å². The van der Waals surface area contributed by atoms with Crippen molar-refractivity contribution in [1.29, 1.82) is 0 Å². The molecule has 1 heterocycles. The average molecular weight is 242 g/mol. The summed E-state index contributed by atoms with van der Waals surface area (Å²) in [6.07, 6.45) is 1.93. The Morgan fingerprint density at radius 2 is 2.00 bits per heavy atom. The first-order chi connectivity index (χ1) is 7.63. The van der Waals surface area contributed by atoms with E-state index in [0.717, 1.165) is 30.1 Å². The number of thiazole rings is 1. The number of nitrogens with zero attached hydrogens (tertiary/aromatic N) is 1. The Labute approximate surface area is 102 Å². The third kappa shape index (κ3) is 2.44. The molecule has 92 valence electrons. The van der Waals surface area contributed by atoms with Gasteiger partial charge in [-0.3, -0.25) is 0 Å². The van der Waals surface area contributed by atoms with Crippen molar-refractivity contribution in [3.05, 3.63) is 15.6 Å². The van der Waals surface area contributed by atoms with Crippen LogP contribution < -0.4 is 5.32 Å². The molecule has 0 amide bonds. The van der Waals surface area contributed by atoms with Gasteiger partial charge in [-0.05, 0) is 26.8 Å². The highest BCUT2D eigenvalue weighted by Gasteiger charge is 2.32. The highest BCUT2D eigenvalue weighted by atomic mass is 32.1.